The largest absolute Gasteiger partial charge is 0.465 e. The van der Waals surface area contributed by atoms with Gasteiger partial charge in [0.05, 0.1) is 18.4 Å². The molecule has 4 nitrogen and oxygen atoms in total. The maximum Gasteiger partial charge on any atom is 0.339 e. The van der Waals surface area contributed by atoms with Crippen LogP contribution in [0.15, 0.2) is 30.6 Å². The average molecular weight is 372 g/mol. The van der Waals surface area contributed by atoms with E-state index in [1.165, 1.54) is 38.8 Å². The van der Waals surface area contributed by atoms with Crippen molar-refractivity contribution in [2.75, 3.05) is 14.2 Å². The van der Waals surface area contributed by atoms with Crippen LogP contribution >= 0.6 is 0 Å². The van der Waals surface area contributed by atoms with E-state index in [-0.39, 0.29) is 22.5 Å². The van der Waals surface area contributed by atoms with Crippen molar-refractivity contribution >= 4 is 11.7 Å². The van der Waals surface area contributed by atoms with Crippen LogP contribution in [0.5, 0.6) is 0 Å². The third-order valence-electron chi connectivity index (χ3n) is 3.54. The molecule has 7 heteroatoms. The van der Waals surface area contributed by atoms with E-state index in [1.54, 1.807) is 0 Å². The molecule has 0 radical (unpaired) electrons. The average Bonchev–Trinajstić information content (AvgIpc) is 2.59. The molecule has 1 aromatic heterocycles. The minimum absolute atomic E-state index is 0.0500. The number of aromatic nitrogens is 1. The molecule has 0 saturated carbocycles. The van der Waals surface area contributed by atoms with Crippen LogP contribution in [0.4, 0.5) is 13.2 Å². The molecule has 0 fully saturated rings. The number of pyridine rings is 1. The van der Waals surface area contributed by atoms with Gasteiger partial charge in [0, 0.05) is 31.9 Å². The predicted molar refractivity (Wildman–Crippen MR) is 97.3 cm³/mol. The molecule has 1 heterocycles. The van der Waals surface area contributed by atoms with Gasteiger partial charge in [-0.15, -0.1) is 0 Å². The Morgan fingerprint density at radius 1 is 1.38 bits per heavy atom. The van der Waals surface area contributed by atoms with Gasteiger partial charge < -0.3 is 9.64 Å². The molecule has 0 bridgehead atoms. The van der Waals surface area contributed by atoms with E-state index < -0.39 is 17.7 Å². The summed E-state index contributed by atoms with van der Waals surface area (Å²) in [6, 6.07) is 0.957. The fraction of sp³-hybridized carbons (Fsp3) is 0.474. The summed E-state index contributed by atoms with van der Waals surface area (Å²) in [6.07, 6.45) is 4.92. The number of nitrogens with zero attached hydrogens (tertiary/aromatic N) is 2. The SMILES string of the molecule is C=C(c1ncc(C(=O)OC)cc1F)N(C)/C=C(\C)C(C)(F)F.CCCC. The summed E-state index contributed by atoms with van der Waals surface area (Å²) in [5.41, 5.74) is -0.315. The number of carbonyl (C=O) groups excluding carboxylic acids is 1. The highest BCUT2D eigenvalue weighted by atomic mass is 19.3. The summed E-state index contributed by atoms with van der Waals surface area (Å²) >= 11 is 0. The Balaban J connectivity index is 0.00000141. The normalized spacial score (nSPS) is 11.3. The zero-order valence-electron chi connectivity index (χ0n) is 16.2. The molecule has 1 aromatic rings. The second-order valence-electron chi connectivity index (χ2n) is 5.80. The first-order valence-corrected chi connectivity index (χ1v) is 8.22. The summed E-state index contributed by atoms with van der Waals surface area (Å²) in [4.78, 5) is 16.3. The Bertz CT molecular complexity index is 651. The molecule has 0 saturated heterocycles. The Morgan fingerprint density at radius 3 is 2.31 bits per heavy atom. The van der Waals surface area contributed by atoms with Crippen LogP contribution in [0, 0.1) is 5.82 Å². The third-order valence-corrected chi connectivity index (χ3v) is 3.54. The first-order chi connectivity index (χ1) is 12.0. The van der Waals surface area contributed by atoms with Crippen molar-refractivity contribution < 1.29 is 22.7 Å². The standard InChI is InChI=1S/C15H17F3N2O2.C4H10/c1-9(15(3,17)18)8-20(4)10(2)13-12(16)6-11(7-19-13)14(21)22-5;1-3-4-2/h6-8H,2H2,1,3-5H3;3-4H2,1-2H3/b9-8+;. The fourth-order valence-corrected chi connectivity index (χ4v) is 1.53. The van der Waals surface area contributed by atoms with Crippen molar-refractivity contribution in [1.82, 2.24) is 9.88 Å². The summed E-state index contributed by atoms with van der Waals surface area (Å²) in [6.45, 7) is 10.0. The van der Waals surface area contributed by atoms with Crippen molar-refractivity contribution in [3.05, 3.63) is 47.7 Å². The van der Waals surface area contributed by atoms with Crippen LogP contribution < -0.4 is 0 Å². The lowest BCUT2D eigenvalue weighted by Crippen LogP contribution is -2.17. The van der Waals surface area contributed by atoms with Gasteiger partial charge in [-0.1, -0.05) is 33.3 Å². The van der Waals surface area contributed by atoms with Crippen molar-refractivity contribution in [2.24, 2.45) is 0 Å². The van der Waals surface area contributed by atoms with Gasteiger partial charge in [0.1, 0.15) is 5.69 Å². The lowest BCUT2D eigenvalue weighted by Gasteiger charge is -2.20. The zero-order valence-corrected chi connectivity index (χ0v) is 16.2. The molecule has 1 rings (SSSR count). The van der Waals surface area contributed by atoms with Crippen molar-refractivity contribution in [1.29, 1.82) is 0 Å². The van der Waals surface area contributed by atoms with E-state index in [1.807, 2.05) is 0 Å². The first kappa shape index (κ1) is 23.7. The summed E-state index contributed by atoms with van der Waals surface area (Å²) in [5, 5.41) is 0. The van der Waals surface area contributed by atoms with Crippen LogP contribution in [0.2, 0.25) is 0 Å². The smallest absolute Gasteiger partial charge is 0.339 e. The van der Waals surface area contributed by atoms with Crippen molar-refractivity contribution in [2.45, 2.75) is 46.5 Å². The molecule has 0 aliphatic heterocycles. The van der Waals surface area contributed by atoms with E-state index in [0.29, 0.717) is 0 Å². The van der Waals surface area contributed by atoms with Gasteiger partial charge in [0.25, 0.3) is 5.92 Å². The van der Waals surface area contributed by atoms with Crippen LogP contribution in [-0.4, -0.2) is 35.9 Å². The van der Waals surface area contributed by atoms with Gasteiger partial charge in [-0.3, -0.25) is 4.98 Å². The maximum atomic E-state index is 14.0. The van der Waals surface area contributed by atoms with Gasteiger partial charge >= 0.3 is 5.97 Å². The molecule has 0 aliphatic carbocycles. The molecular weight excluding hydrogens is 345 g/mol. The summed E-state index contributed by atoms with van der Waals surface area (Å²) < 4.78 is 44.7. The molecular formula is C19H27F3N2O2. The monoisotopic (exact) mass is 372 g/mol. The molecule has 0 unspecified atom stereocenters. The molecule has 0 spiro atoms. The molecule has 0 atom stereocenters. The highest BCUT2D eigenvalue weighted by Gasteiger charge is 2.24. The van der Waals surface area contributed by atoms with Gasteiger partial charge in [0.2, 0.25) is 0 Å². The minimum atomic E-state index is -2.99. The van der Waals surface area contributed by atoms with Gasteiger partial charge in [-0.05, 0) is 13.0 Å². The molecule has 0 aliphatic rings. The number of methoxy groups -OCH3 is 1. The third kappa shape index (κ3) is 7.29. The predicted octanol–water partition coefficient (Wildman–Crippen LogP) is 5.28. The number of hydrogen-bond donors (Lipinski definition) is 0. The lowest BCUT2D eigenvalue weighted by molar-refractivity contribution is 0.0597. The number of halogens is 3. The van der Waals surface area contributed by atoms with E-state index in [2.05, 4.69) is 30.1 Å². The van der Waals surface area contributed by atoms with Crippen LogP contribution in [0.3, 0.4) is 0 Å². The van der Waals surface area contributed by atoms with Gasteiger partial charge in [-0.2, -0.15) is 0 Å². The maximum absolute atomic E-state index is 14.0. The molecule has 26 heavy (non-hydrogen) atoms. The van der Waals surface area contributed by atoms with Crippen LogP contribution in [0.25, 0.3) is 5.70 Å². The lowest BCUT2D eigenvalue weighted by atomic mass is 10.2. The van der Waals surface area contributed by atoms with E-state index in [9.17, 15) is 18.0 Å². The van der Waals surface area contributed by atoms with E-state index in [4.69, 9.17) is 0 Å². The summed E-state index contributed by atoms with van der Waals surface area (Å²) in [5.74, 6) is -4.51. The van der Waals surface area contributed by atoms with E-state index in [0.717, 1.165) is 25.4 Å². The number of unbranched alkanes of at least 4 members (excludes halogenated alkanes) is 1. The number of rotatable bonds is 6. The number of esters is 1. The van der Waals surface area contributed by atoms with Crippen molar-refractivity contribution in [3.8, 4) is 0 Å². The fourth-order valence-electron chi connectivity index (χ4n) is 1.53. The zero-order chi connectivity index (χ0) is 20.5. The number of carbonyl (C=O) groups is 1. The summed E-state index contributed by atoms with van der Waals surface area (Å²) in [7, 11) is 2.62. The number of allylic oxidation sites excluding steroid dienone is 1. The van der Waals surface area contributed by atoms with Crippen molar-refractivity contribution in [3.63, 3.8) is 0 Å². The molecule has 0 aromatic carbocycles. The highest BCUT2D eigenvalue weighted by molar-refractivity contribution is 5.89. The second-order valence-corrected chi connectivity index (χ2v) is 5.80. The minimum Gasteiger partial charge on any atom is -0.465 e. The Kier molecular flexibility index (Phi) is 9.69. The Hall–Kier alpha value is -2.31. The van der Waals surface area contributed by atoms with Crippen LogP contribution in [0.1, 0.15) is 56.6 Å². The van der Waals surface area contributed by atoms with Gasteiger partial charge in [0.15, 0.2) is 5.82 Å². The Labute approximate surface area is 153 Å². The number of ether oxygens (including phenoxy) is 1. The highest BCUT2D eigenvalue weighted by Crippen LogP contribution is 2.25. The van der Waals surface area contributed by atoms with Gasteiger partial charge in [-0.25, -0.2) is 18.0 Å². The van der Waals surface area contributed by atoms with Crippen LogP contribution in [-0.2, 0) is 4.74 Å². The quantitative estimate of drug-likeness (QED) is 0.638. The number of alkyl halides is 2. The number of hydrogen-bond acceptors (Lipinski definition) is 4. The molecule has 0 amide bonds. The topological polar surface area (TPSA) is 42.4 Å². The second kappa shape index (κ2) is 10.6. The first-order valence-electron chi connectivity index (χ1n) is 8.22. The molecule has 146 valence electrons. The Morgan fingerprint density at radius 2 is 1.92 bits per heavy atom. The van der Waals surface area contributed by atoms with E-state index >= 15 is 0 Å². The molecule has 0 N–H and O–H groups in total.